The number of nitrogens with zero attached hydrogens (tertiary/aromatic N) is 2. The number of fused-ring (bicyclic) bond motifs is 3. The molecule has 0 radical (unpaired) electrons. The molecule has 0 bridgehead atoms. The van der Waals surface area contributed by atoms with Crippen molar-refractivity contribution in [1.29, 1.82) is 0 Å². The summed E-state index contributed by atoms with van der Waals surface area (Å²) in [5.74, 6) is -6.82. The molecule has 4 atom stereocenters. The Bertz CT molecular complexity index is 1620. The number of nitro benzene ring substituents is 1. The number of nitro groups is 1. The van der Waals surface area contributed by atoms with Crippen LogP contribution in [-0.4, -0.2) is 62.3 Å². The summed E-state index contributed by atoms with van der Waals surface area (Å²) in [6.07, 6.45) is 0.310. The Morgan fingerprint density at radius 2 is 1.88 bits per heavy atom. The predicted molar refractivity (Wildman–Crippen MR) is 147 cm³/mol. The van der Waals surface area contributed by atoms with Gasteiger partial charge in [0.2, 0.25) is 0 Å². The molecular weight excluding hydrogens is 532 g/mol. The highest BCUT2D eigenvalue weighted by molar-refractivity contribution is 6.22. The number of aromatic hydroxyl groups is 1. The van der Waals surface area contributed by atoms with E-state index in [0.717, 1.165) is 0 Å². The number of aliphatic hydroxyl groups is 2. The van der Waals surface area contributed by atoms with E-state index in [1.54, 1.807) is 38.1 Å². The highest BCUT2D eigenvalue weighted by Crippen LogP contribution is 2.54. The standard InChI is InChI=1S/C29H30N4O8/c1-29(32(2)3)18-10-13-8-17-16(12-5-4-6-15(7-12)33(40)41)9-14(11-30)23(34)20(17)24(35)19(13)25(36)21(18)26(37)22(27(29)38)28(31)39/h4-7,9,13,18,21,34,36,38H,8,10-11,30H2,1-3H3,(H2,31,39)/t13-,18+,21?,29?/m0/s1. The van der Waals surface area contributed by atoms with E-state index in [-0.39, 0.29) is 47.5 Å². The molecule has 2 aromatic rings. The number of hydrogen-bond donors (Lipinski definition) is 5. The van der Waals surface area contributed by atoms with Crippen LogP contribution < -0.4 is 11.5 Å². The lowest BCUT2D eigenvalue weighted by Crippen LogP contribution is -2.60. The quantitative estimate of drug-likeness (QED) is 0.204. The summed E-state index contributed by atoms with van der Waals surface area (Å²) in [5, 5.41) is 45.3. The predicted octanol–water partition coefficient (Wildman–Crippen LogP) is 2.43. The molecule has 0 heterocycles. The van der Waals surface area contributed by atoms with Crippen molar-refractivity contribution >= 4 is 23.2 Å². The van der Waals surface area contributed by atoms with Crippen LogP contribution >= 0.6 is 0 Å². The second-order valence-electron chi connectivity index (χ2n) is 11.1. The maximum Gasteiger partial charge on any atom is 0.270 e. The van der Waals surface area contributed by atoms with Gasteiger partial charge in [-0.15, -0.1) is 0 Å². The summed E-state index contributed by atoms with van der Waals surface area (Å²) in [7, 11) is 3.32. The van der Waals surface area contributed by atoms with Crippen molar-refractivity contribution in [3.8, 4) is 16.9 Å². The number of non-ortho nitro benzene ring substituents is 1. The first kappa shape index (κ1) is 28.0. The molecular formula is C29H30N4O8. The van der Waals surface area contributed by atoms with Crippen LogP contribution in [-0.2, 0) is 22.6 Å². The van der Waals surface area contributed by atoms with Crippen molar-refractivity contribution in [3.05, 3.63) is 79.8 Å². The van der Waals surface area contributed by atoms with Gasteiger partial charge in [0.1, 0.15) is 22.8 Å². The van der Waals surface area contributed by atoms with Crippen molar-refractivity contribution in [3.63, 3.8) is 0 Å². The van der Waals surface area contributed by atoms with Crippen LogP contribution in [0.5, 0.6) is 5.75 Å². The second-order valence-corrected chi connectivity index (χ2v) is 11.1. The van der Waals surface area contributed by atoms with Crippen molar-refractivity contribution in [1.82, 2.24) is 4.90 Å². The zero-order chi connectivity index (χ0) is 30.1. The second kappa shape index (κ2) is 9.53. The first-order valence-electron chi connectivity index (χ1n) is 13.0. The molecule has 214 valence electrons. The van der Waals surface area contributed by atoms with Crippen LogP contribution in [0.4, 0.5) is 5.69 Å². The van der Waals surface area contributed by atoms with Gasteiger partial charge in [0.25, 0.3) is 11.6 Å². The molecule has 2 aromatic carbocycles. The Labute approximate surface area is 234 Å². The maximum absolute atomic E-state index is 14.1. The molecule has 0 spiro atoms. The number of amides is 1. The molecule has 5 rings (SSSR count). The van der Waals surface area contributed by atoms with Crippen LogP contribution in [0.3, 0.4) is 0 Å². The summed E-state index contributed by atoms with van der Waals surface area (Å²) in [4.78, 5) is 52.4. The van der Waals surface area contributed by atoms with E-state index in [0.29, 0.717) is 16.7 Å². The molecule has 2 unspecified atom stereocenters. The Morgan fingerprint density at radius 3 is 2.46 bits per heavy atom. The van der Waals surface area contributed by atoms with E-state index in [1.165, 1.54) is 18.2 Å². The third-order valence-corrected chi connectivity index (χ3v) is 9.06. The molecule has 0 saturated carbocycles. The number of carbonyl (C=O) groups is 3. The number of primary amides is 1. The van der Waals surface area contributed by atoms with Crippen LogP contribution in [0.25, 0.3) is 11.1 Å². The Morgan fingerprint density at radius 1 is 1.20 bits per heavy atom. The number of Topliss-reactive ketones (excluding diaryl/α,β-unsaturated/α-hetero) is 2. The fourth-order valence-corrected chi connectivity index (χ4v) is 6.76. The lowest BCUT2D eigenvalue weighted by molar-refractivity contribution is -0.384. The van der Waals surface area contributed by atoms with Gasteiger partial charge in [-0.05, 0) is 62.5 Å². The molecule has 7 N–H and O–H groups in total. The number of likely N-dealkylation sites (N-methyl/N-ethyl adjacent to an activating group) is 1. The third kappa shape index (κ3) is 3.85. The minimum Gasteiger partial charge on any atom is -0.511 e. The van der Waals surface area contributed by atoms with Crippen molar-refractivity contribution < 1.29 is 34.6 Å². The van der Waals surface area contributed by atoms with Crippen molar-refractivity contribution in [2.45, 2.75) is 31.8 Å². The topological polar surface area (TPSA) is 210 Å². The lowest BCUT2D eigenvalue weighted by atomic mass is 9.56. The number of nitrogens with two attached hydrogens (primary N) is 2. The van der Waals surface area contributed by atoms with Gasteiger partial charge in [0.15, 0.2) is 11.6 Å². The number of benzene rings is 2. The highest BCUT2D eigenvalue weighted by Gasteiger charge is 2.59. The summed E-state index contributed by atoms with van der Waals surface area (Å²) in [6.45, 7) is 1.50. The molecule has 1 amide bonds. The Balaban J connectivity index is 1.75. The van der Waals surface area contributed by atoms with Crippen molar-refractivity contribution in [2.75, 3.05) is 14.1 Å². The molecule has 0 saturated heterocycles. The largest absolute Gasteiger partial charge is 0.511 e. The number of phenols is 1. The highest BCUT2D eigenvalue weighted by atomic mass is 16.6. The SMILES string of the molecule is CN(C)C1(C)C(O)=C(C(N)=O)C(=O)C2C(O)=C3C(=O)c4c(O)c(CN)cc(-c5cccc([N+](=O)[O-])c5)c4C[C@H]3C[C@H]21. The minimum absolute atomic E-state index is 0.0621. The first-order valence-corrected chi connectivity index (χ1v) is 13.0. The van der Waals surface area contributed by atoms with E-state index in [2.05, 4.69) is 0 Å². The fraction of sp³-hybridized carbons (Fsp3) is 0.345. The van der Waals surface area contributed by atoms with Crippen LogP contribution in [0.1, 0.15) is 34.8 Å². The van der Waals surface area contributed by atoms with Gasteiger partial charge in [-0.1, -0.05) is 12.1 Å². The number of aliphatic hydroxyl groups excluding tert-OH is 2. The third-order valence-electron chi connectivity index (χ3n) is 9.06. The lowest BCUT2D eigenvalue weighted by Gasteiger charge is -2.52. The number of ketones is 2. The molecule has 0 fully saturated rings. The van der Waals surface area contributed by atoms with E-state index < -0.39 is 62.8 Å². The first-order chi connectivity index (χ1) is 19.2. The van der Waals surface area contributed by atoms with E-state index in [4.69, 9.17) is 11.5 Å². The van der Waals surface area contributed by atoms with E-state index >= 15 is 0 Å². The van der Waals surface area contributed by atoms with Gasteiger partial charge < -0.3 is 26.8 Å². The Hall–Kier alpha value is -4.55. The van der Waals surface area contributed by atoms with Gasteiger partial charge in [-0.3, -0.25) is 29.4 Å². The van der Waals surface area contributed by atoms with E-state index in [9.17, 15) is 39.8 Å². The number of phenolic OH excluding ortho intramolecular Hbond substituents is 1. The molecule has 3 aliphatic rings. The number of hydrogen-bond acceptors (Lipinski definition) is 10. The average molecular weight is 563 g/mol. The fourth-order valence-electron chi connectivity index (χ4n) is 6.76. The van der Waals surface area contributed by atoms with Crippen LogP contribution in [0.15, 0.2) is 53.0 Å². The summed E-state index contributed by atoms with van der Waals surface area (Å²) in [6, 6.07) is 7.48. The zero-order valence-electron chi connectivity index (χ0n) is 22.7. The maximum atomic E-state index is 14.1. The number of carbonyl (C=O) groups excluding carboxylic acids is 3. The van der Waals surface area contributed by atoms with Crippen LogP contribution in [0.2, 0.25) is 0 Å². The number of rotatable bonds is 5. The Kier molecular flexibility index (Phi) is 6.51. The van der Waals surface area contributed by atoms with Gasteiger partial charge in [-0.2, -0.15) is 0 Å². The zero-order valence-corrected chi connectivity index (χ0v) is 22.7. The van der Waals surface area contributed by atoms with Gasteiger partial charge in [-0.25, -0.2) is 0 Å². The summed E-state index contributed by atoms with van der Waals surface area (Å²) >= 11 is 0. The molecule has 12 nitrogen and oxygen atoms in total. The van der Waals surface area contributed by atoms with E-state index in [1.807, 2.05) is 0 Å². The molecule has 3 aliphatic carbocycles. The van der Waals surface area contributed by atoms with Crippen LogP contribution in [0, 0.1) is 27.9 Å². The average Bonchev–Trinajstić information content (AvgIpc) is 2.91. The van der Waals surface area contributed by atoms with Gasteiger partial charge in [0.05, 0.1) is 21.9 Å². The van der Waals surface area contributed by atoms with Gasteiger partial charge in [0, 0.05) is 35.7 Å². The monoisotopic (exact) mass is 562 g/mol. The summed E-state index contributed by atoms with van der Waals surface area (Å²) < 4.78 is 0. The van der Waals surface area contributed by atoms with Gasteiger partial charge >= 0.3 is 0 Å². The molecule has 0 aliphatic heterocycles. The summed E-state index contributed by atoms with van der Waals surface area (Å²) in [5.41, 5.74) is 10.7. The molecule has 0 aromatic heterocycles. The smallest absolute Gasteiger partial charge is 0.270 e. The normalized spacial score (nSPS) is 25.6. The molecule has 12 heteroatoms. The minimum atomic E-state index is -1.33. The van der Waals surface area contributed by atoms with Crippen molar-refractivity contribution in [2.24, 2.45) is 29.2 Å². The number of allylic oxidation sites excluding steroid dienone is 2. The molecule has 41 heavy (non-hydrogen) atoms.